The highest BCUT2D eigenvalue weighted by Crippen LogP contribution is 2.12. The van der Waals surface area contributed by atoms with Crippen LogP contribution in [0.5, 0.6) is 0 Å². The molecule has 0 radical (unpaired) electrons. The molecule has 0 saturated carbocycles. The molecule has 3 rings (SSSR count). The second-order valence-electron chi connectivity index (χ2n) is 4.73. The Morgan fingerprint density at radius 1 is 1.22 bits per heavy atom. The predicted molar refractivity (Wildman–Crippen MR) is 85.1 cm³/mol. The van der Waals surface area contributed by atoms with Crippen molar-refractivity contribution >= 4 is 32.0 Å². The van der Waals surface area contributed by atoms with Crippen molar-refractivity contribution in [3.05, 3.63) is 40.5 Å². The second kappa shape index (κ2) is 5.68. The van der Waals surface area contributed by atoms with Gasteiger partial charge < -0.3 is 0 Å². The molecule has 0 amide bonds. The molecule has 120 valence electrons. The normalized spacial score (nSPS) is 12.7. The number of nitrogens with zero attached hydrogens (tertiary/aromatic N) is 5. The predicted octanol–water partition coefficient (Wildman–Crippen LogP) is 0.378. The summed E-state index contributed by atoms with van der Waals surface area (Å²) in [4.78, 5) is 0.683. The maximum absolute atomic E-state index is 11.2. The van der Waals surface area contributed by atoms with Crippen LogP contribution in [0.1, 0.15) is 11.5 Å². The first-order chi connectivity index (χ1) is 10.8. The molecule has 11 heteroatoms. The summed E-state index contributed by atoms with van der Waals surface area (Å²) in [5.41, 5.74) is 4.20. The molecule has 0 aliphatic rings. The number of fused-ring (bicyclic) bond motifs is 1. The molecule has 23 heavy (non-hydrogen) atoms. The third-order valence-electron chi connectivity index (χ3n) is 2.98. The Morgan fingerprint density at radius 2 is 1.91 bits per heavy atom. The molecule has 0 spiro atoms. The lowest BCUT2D eigenvalue weighted by atomic mass is 10.3. The minimum absolute atomic E-state index is 0.0454. The standard InChI is InChI=1S/C12H13N7O2S2/c1-7-11(22-12-17-14-8(2)19(12)18-7)16-15-9-3-5-10(6-4-9)23(13,20)21/h3-6,15H,1-2H3,(H2,13,20,21)/b16-11-. The molecule has 1 aromatic carbocycles. The van der Waals surface area contributed by atoms with Gasteiger partial charge in [-0.05, 0) is 38.1 Å². The summed E-state index contributed by atoms with van der Waals surface area (Å²) in [5.74, 6) is 0.706. The topological polar surface area (TPSA) is 128 Å². The van der Waals surface area contributed by atoms with Crippen molar-refractivity contribution in [2.75, 3.05) is 5.43 Å². The average molecular weight is 351 g/mol. The van der Waals surface area contributed by atoms with Crippen LogP contribution in [-0.4, -0.2) is 28.2 Å². The van der Waals surface area contributed by atoms with E-state index in [2.05, 4.69) is 25.8 Å². The first-order valence-electron chi connectivity index (χ1n) is 6.47. The fourth-order valence-electron chi connectivity index (χ4n) is 1.81. The summed E-state index contributed by atoms with van der Waals surface area (Å²) in [6.07, 6.45) is 0. The zero-order valence-corrected chi connectivity index (χ0v) is 13.9. The molecule has 0 bridgehead atoms. The number of anilines is 1. The van der Waals surface area contributed by atoms with Gasteiger partial charge in [0.25, 0.3) is 0 Å². The molecule has 2 heterocycles. The van der Waals surface area contributed by atoms with E-state index in [0.717, 1.165) is 5.69 Å². The van der Waals surface area contributed by atoms with Crippen LogP contribution < -0.4 is 15.2 Å². The Hall–Kier alpha value is -2.37. The lowest BCUT2D eigenvalue weighted by molar-refractivity contribution is 0.598. The van der Waals surface area contributed by atoms with Crippen molar-refractivity contribution < 1.29 is 8.42 Å². The zero-order chi connectivity index (χ0) is 16.6. The van der Waals surface area contributed by atoms with Gasteiger partial charge in [0.15, 0.2) is 10.5 Å². The maximum atomic E-state index is 11.2. The summed E-state index contributed by atoms with van der Waals surface area (Å²) in [6, 6.07) is 5.98. The van der Waals surface area contributed by atoms with Crippen LogP contribution in [0, 0.1) is 13.8 Å². The van der Waals surface area contributed by atoms with Gasteiger partial charge >= 0.3 is 0 Å². The average Bonchev–Trinajstić information content (AvgIpc) is 2.85. The number of aromatic nitrogens is 4. The number of hydrogen-bond donors (Lipinski definition) is 2. The minimum Gasteiger partial charge on any atom is -0.277 e. The number of nitrogens with one attached hydrogen (secondary N) is 1. The van der Waals surface area contributed by atoms with Gasteiger partial charge in [0.1, 0.15) is 0 Å². The number of rotatable bonds is 3. The Morgan fingerprint density at radius 3 is 2.57 bits per heavy atom. The van der Waals surface area contributed by atoms with E-state index in [1.54, 1.807) is 16.6 Å². The summed E-state index contributed by atoms with van der Waals surface area (Å²) in [5, 5.41) is 21.7. The van der Waals surface area contributed by atoms with Gasteiger partial charge in [0, 0.05) is 0 Å². The minimum atomic E-state index is -3.70. The van der Waals surface area contributed by atoms with E-state index in [1.165, 1.54) is 23.5 Å². The van der Waals surface area contributed by atoms with Gasteiger partial charge in [-0.3, -0.25) is 5.43 Å². The number of sulfonamides is 1. The molecule has 3 N–H and O–H groups in total. The van der Waals surface area contributed by atoms with Crippen LogP contribution in [-0.2, 0) is 10.0 Å². The highest BCUT2D eigenvalue weighted by Gasteiger charge is 2.07. The zero-order valence-electron chi connectivity index (χ0n) is 12.3. The summed E-state index contributed by atoms with van der Waals surface area (Å²) >= 11 is 1.34. The Bertz CT molecular complexity index is 1040. The lowest BCUT2D eigenvalue weighted by Crippen LogP contribution is -2.13. The molecule has 9 nitrogen and oxygen atoms in total. The molecule has 0 aliphatic carbocycles. The fraction of sp³-hybridized carbons (Fsp3) is 0.167. The molecule has 0 atom stereocenters. The lowest BCUT2D eigenvalue weighted by Gasteiger charge is -2.02. The first kappa shape index (κ1) is 15.5. The molecule has 0 aliphatic heterocycles. The van der Waals surface area contributed by atoms with Crippen molar-refractivity contribution in [3.8, 4) is 0 Å². The molecule has 0 fully saturated rings. The fourth-order valence-corrected chi connectivity index (χ4v) is 3.12. The third-order valence-corrected chi connectivity index (χ3v) is 4.93. The second-order valence-corrected chi connectivity index (χ2v) is 7.24. The number of hydrogen-bond acceptors (Lipinski definition) is 8. The van der Waals surface area contributed by atoms with Crippen LogP contribution in [0.2, 0.25) is 0 Å². The highest BCUT2D eigenvalue weighted by molar-refractivity contribution is 7.89. The number of aryl methyl sites for hydroxylation is 2. The quantitative estimate of drug-likeness (QED) is 0.657. The van der Waals surface area contributed by atoms with E-state index >= 15 is 0 Å². The maximum Gasteiger partial charge on any atom is 0.238 e. The number of nitrogens with two attached hydrogens (primary N) is 1. The molecular formula is C12H13N7O2S2. The molecule has 2 aromatic heterocycles. The Balaban J connectivity index is 1.92. The smallest absolute Gasteiger partial charge is 0.238 e. The Labute approximate surface area is 135 Å². The van der Waals surface area contributed by atoms with E-state index in [9.17, 15) is 8.42 Å². The van der Waals surface area contributed by atoms with E-state index in [4.69, 9.17) is 5.14 Å². The van der Waals surface area contributed by atoms with Gasteiger partial charge in [0.2, 0.25) is 15.0 Å². The summed E-state index contributed by atoms with van der Waals surface area (Å²) in [7, 11) is -3.70. The monoisotopic (exact) mass is 351 g/mol. The van der Waals surface area contributed by atoms with E-state index < -0.39 is 10.0 Å². The largest absolute Gasteiger partial charge is 0.277 e. The number of primary sulfonamides is 1. The van der Waals surface area contributed by atoms with E-state index in [1.807, 2.05) is 13.8 Å². The molecular weight excluding hydrogens is 338 g/mol. The molecule has 3 aromatic rings. The van der Waals surface area contributed by atoms with Crippen molar-refractivity contribution in [2.45, 2.75) is 18.7 Å². The van der Waals surface area contributed by atoms with Gasteiger partial charge in [0.05, 0.1) is 16.3 Å². The molecule has 0 saturated heterocycles. The first-order valence-corrected chi connectivity index (χ1v) is 8.83. The van der Waals surface area contributed by atoms with Crippen LogP contribution in [0.25, 0.3) is 4.96 Å². The summed E-state index contributed by atoms with van der Waals surface area (Å²) in [6.45, 7) is 3.65. The molecule has 0 unspecified atom stereocenters. The van der Waals surface area contributed by atoms with Crippen molar-refractivity contribution in [1.29, 1.82) is 0 Å². The van der Waals surface area contributed by atoms with Crippen LogP contribution in [0.4, 0.5) is 5.69 Å². The number of benzene rings is 1. The van der Waals surface area contributed by atoms with Gasteiger partial charge in [-0.2, -0.15) is 14.7 Å². The van der Waals surface area contributed by atoms with Gasteiger partial charge in [-0.15, -0.1) is 10.2 Å². The SMILES string of the molecule is Cc1nn2c(C)nnc2s/c1=N\Nc1ccc(S(N)(=O)=O)cc1. The highest BCUT2D eigenvalue weighted by atomic mass is 32.2. The van der Waals surface area contributed by atoms with E-state index in [0.29, 0.717) is 21.1 Å². The van der Waals surface area contributed by atoms with Crippen LogP contribution >= 0.6 is 11.3 Å². The van der Waals surface area contributed by atoms with Crippen LogP contribution in [0.3, 0.4) is 0 Å². The van der Waals surface area contributed by atoms with Crippen molar-refractivity contribution in [1.82, 2.24) is 19.8 Å². The van der Waals surface area contributed by atoms with Crippen LogP contribution in [0.15, 0.2) is 34.3 Å². The Kier molecular flexibility index (Phi) is 3.83. The third kappa shape index (κ3) is 3.21. The summed E-state index contributed by atoms with van der Waals surface area (Å²) < 4.78 is 24.7. The van der Waals surface area contributed by atoms with Gasteiger partial charge in [-0.1, -0.05) is 11.3 Å². The van der Waals surface area contributed by atoms with Gasteiger partial charge in [-0.25, -0.2) is 13.6 Å². The van der Waals surface area contributed by atoms with Crippen molar-refractivity contribution in [2.24, 2.45) is 10.2 Å². The van der Waals surface area contributed by atoms with E-state index in [-0.39, 0.29) is 4.90 Å². The van der Waals surface area contributed by atoms with Crippen molar-refractivity contribution in [3.63, 3.8) is 0 Å².